The Kier molecular flexibility index (Phi) is 2.81. The number of pyridine rings is 1. The summed E-state index contributed by atoms with van der Waals surface area (Å²) in [7, 11) is 0. The van der Waals surface area contributed by atoms with E-state index in [0.717, 1.165) is 33.9 Å². The van der Waals surface area contributed by atoms with E-state index in [1.54, 1.807) is 18.7 Å². The van der Waals surface area contributed by atoms with Crippen molar-refractivity contribution >= 4 is 0 Å². The number of nitrogens with zero attached hydrogens (tertiary/aromatic N) is 2. The van der Waals surface area contributed by atoms with Gasteiger partial charge >= 0.3 is 0 Å². The molecule has 1 aliphatic rings. The minimum Gasteiger partial charge on any atom is -0.486 e. The van der Waals surface area contributed by atoms with Crippen LogP contribution in [-0.2, 0) is 0 Å². The summed E-state index contributed by atoms with van der Waals surface area (Å²) in [5.41, 5.74) is 3.64. The second kappa shape index (κ2) is 4.94. The van der Waals surface area contributed by atoms with Crippen LogP contribution in [0.3, 0.4) is 0 Å². The number of hydrogen-bond acceptors (Lipinski definition) is 5. The van der Waals surface area contributed by atoms with Crippen LogP contribution in [0.4, 0.5) is 0 Å². The number of rotatable bonds is 2. The topological polar surface area (TPSA) is 57.4 Å². The number of benzene rings is 1. The molecule has 21 heavy (non-hydrogen) atoms. The molecule has 1 aliphatic heterocycles. The van der Waals surface area contributed by atoms with Crippen molar-refractivity contribution in [2.24, 2.45) is 0 Å². The van der Waals surface area contributed by atoms with Crippen molar-refractivity contribution in [2.75, 3.05) is 13.2 Å². The van der Waals surface area contributed by atoms with Gasteiger partial charge in [-0.3, -0.25) is 4.98 Å². The molecule has 0 saturated heterocycles. The second-order valence-corrected chi connectivity index (χ2v) is 4.67. The summed E-state index contributed by atoms with van der Waals surface area (Å²) in [6, 6.07) is 9.63. The van der Waals surface area contributed by atoms with Crippen LogP contribution < -0.4 is 9.47 Å². The molecular weight excluding hydrogens is 268 g/mol. The van der Waals surface area contributed by atoms with Gasteiger partial charge in [-0.05, 0) is 35.9 Å². The number of ether oxygens (including phenoxy) is 2. The fourth-order valence-electron chi connectivity index (χ4n) is 2.37. The maximum atomic E-state index is 5.61. The van der Waals surface area contributed by atoms with E-state index in [2.05, 4.69) is 10.1 Å². The van der Waals surface area contributed by atoms with E-state index in [1.807, 2.05) is 30.3 Å². The molecule has 0 spiro atoms. The molecule has 2 aromatic heterocycles. The Bertz CT molecular complexity index is 768. The van der Waals surface area contributed by atoms with Crippen LogP contribution in [-0.4, -0.2) is 23.4 Å². The molecule has 0 unspecified atom stereocenters. The van der Waals surface area contributed by atoms with Crippen LogP contribution in [0.5, 0.6) is 11.5 Å². The standard InChI is InChI=1S/C16H12N2O3/c1-2-14-15(20-8-7-19-14)9-12(1)16-13(10-21-18-16)11-3-5-17-6-4-11/h1-6,9-10H,7-8H2. The van der Waals surface area contributed by atoms with E-state index in [4.69, 9.17) is 14.0 Å². The molecule has 0 atom stereocenters. The molecule has 3 aromatic rings. The maximum absolute atomic E-state index is 5.61. The van der Waals surface area contributed by atoms with Crippen LogP contribution in [0.2, 0.25) is 0 Å². The van der Waals surface area contributed by atoms with Crippen molar-refractivity contribution in [1.29, 1.82) is 0 Å². The molecule has 0 amide bonds. The third-order valence-corrected chi connectivity index (χ3v) is 3.38. The van der Waals surface area contributed by atoms with Gasteiger partial charge in [-0.2, -0.15) is 0 Å². The van der Waals surface area contributed by atoms with Gasteiger partial charge in [0.15, 0.2) is 11.5 Å². The first-order valence-electron chi connectivity index (χ1n) is 6.66. The highest BCUT2D eigenvalue weighted by atomic mass is 16.6. The number of hydrogen-bond donors (Lipinski definition) is 0. The Hall–Kier alpha value is -2.82. The van der Waals surface area contributed by atoms with Gasteiger partial charge in [0.1, 0.15) is 25.2 Å². The van der Waals surface area contributed by atoms with Gasteiger partial charge in [-0.15, -0.1) is 0 Å². The third-order valence-electron chi connectivity index (χ3n) is 3.38. The molecule has 5 nitrogen and oxygen atoms in total. The number of fused-ring (bicyclic) bond motifs is 1. The van der Waals surface area contributed by atoms with Crippen molar-refractivity contribution in [3.8, 4) is 33.9 Å². The van der Waals surface area contributed by atoms with Gasteiger partial charge in [-0.1, -0.05) is 5.16 Å². The minimum atomic E-state index is 0.562. The molecule has 0 bridgehead atoms. The van der Waals surface area contributed by atoms with E-state index < -0.39 is 0 Å². The van der Waals surface area contributed by atoms with Gasteiger partial charge in [0, 0.05) is 23.5 Å². The maximum Gasteiger partial charge on any atom is 0.162 e. The van der Waals surface area contributed by atoms with Crippen molar-refractivity contribution in [1.82, 2.24) is 10.1 Å². The van der Waals surface area contributed by atoms with E-state index in [-0.39, 0.29) is 0 Å². The Balaban J connectivity index is 1.80. The Labute approximate surface area is 121 Å². The van der Waals surface area contributed by atoms with Crippen molar-refractivity contribution in [3.63, 3.8) is 0 Å². The van der Waals surface area contributed by atoms with E-state index >= 15 is 0 Å². The lowest BCUT2D eigenvalue weighted by atomic mass is 10.0. The van der Waals surface area contributed by atoms with Crippen molar-refractivity contribution < 1.29 is 14.0 Å². The summed E-state index contributed by atoms with van der Waals surface area (Å²) in [5, 5.41) is 4.12. The van der Waals surface area contributed by atoms with Crippen molar-refractivity contribution in [2.45, 2.75) is 0 Å². The molecule has 0 radical (unpaired) electrons. The average Bonchev–Trinajstić information content (AvgIpc) is 3.05. The normalized spacial score (nSPS) is 13.1. The summed E-state index contributed by atoms with van der Waals surface area (Å²) >= 11 is 0. The highest BCUT2D eigenvalue weighted by molar-refractivity contribution is 5.80. The molecule has 5 heteroatoms. The fourth-order valence-corrected chi connectivity index (χ4v) is 2.37. The lowest BCUT2D eigenvalue weighted by molar-refractivity contribution is 0.171. The predicted octanol–water partition coefficient (Wildman–Crippen LogP) is 3.17. The van der Waals surface area contributed by atoms with E-state index in [0.29, 0.717) is 13.2 Å². The lowest BCUT2D eigenvalue weighted by Crippen LogP contribution is -2.15. The molecule has 0 saturated carbocycles. The largest absolute Gasteiger partial charge is 0.486 e. The highest BCUT2D eigenvalue weighted by Crippen LogP contribution is 2.37. The second-order valence-electron chi connectivity index (χ2n) is 4.67. The average molecular weight is 280 g/mol. The van der Waals surface area contributed by atoms with Crippen LogP contribution in [0.1, 0.15) is 0 Å². The van der Waals surface area contributed by atoms with Crippen molar-refractivity contribution in [3.05, 3.63) is 49.0 Å². The summed E-state index contributed by atoms with van der Waals surface area (Å²) in [5.74, 6) is 1.50. The molecule has 1 aromatic carbocycles. The Morgan fingerprint density at radius 1 is 0.857 bits per heavy atom. The molecule has 0 aliphatic carbocycles. The first-order chi connectivity index (χ1) is 10.4. The van der Waals surface area contributed by atoms with Gasteiger partial charge in [0.05, 0.1) is 0 Å². The summed E-state index contributed by atoms with van der Waals surface area (Å²) < 4.78 is 16.3. The van der Waals surface area contributed by atoms with Crippen LogP contribution in [0.15, 0.2) is 53.5 Å². The predicted molar refractivity (Wildman–Crippen MR) is 76.2 cm³/mol. The molecule has 104 valence electrons. The van der Waals surface area contributed by atoms with Crippen LogP contribution in [0.25, 0.3) is 22.4 Å². The monoisotopic (exact) mass is 280 g/mol. The van der Waals surface area contributed by atoms with Gasteiger partial charge in [-0.25, -0.2) is 0 Å². The van der Waals surface area contributed by atoms with Gasteiger partial charge in [0.25, 0.3) is 0 Å². The summed E-state index contributed by atoms with van der Waals surface area (Å²) in [4.78, 5) is 4.03. The van der Waals surface area contributed by atoms with Gasteiger partial charge < -0.3 is 14.0 Å². The fraction of sp³-hybridized carbons (Fsp3) is 0.125. The first kappa shape index (κ1) is 12.0. The zero-order valence-corrected chi connectivity index (χ0v) is 11.2. The minimum absolute atomic E-state index is 0.562. The summed E-state index contributed by atoms with van der Waals surface area (Å²) in [6.45, 7) is 1.14. The molecule has 3 heterocycles. The zero-order chi connectivity index (χ0) is 14.1. The molecular formula is C16H12N2O3. The molecule has 4 rings (SSSR count). The molecule has 0 fully saturated rings. The SMILES string of the molecule is c1cc(-c2conc2-c2ccc3c(c2)OCCO3)ccn1. The Morgan fingerprint density at radius 2 is 1.67 bits per heavy atom. The van der Waals surface area contributed by atoms with Crippen LogP contribution in [0, 0.1) is 0 Å². The lowest BCUT2D eigenvalue weighted by Gasteiger charge is -2.18. The van der Waals surface area contributed by atoms with E-state index in [9.17, 15) is 0 Å². The smallest absolute Gasteiger partial charge is 0.162 e. The highest BCUT2D eigenvalue weighted by Gasteiger charge is 2.17. The van der Waals surface area contributed by atoms with Crippen LogP contribution >= 0.6 is 0 Å². The third kappa shape index (κ3) is 2.12. The zero-order valence-electron chi connectivity index (χ0n) is 11.2. The first-order valence-corrected chi connectivity index (χ1v) is 6.66. The van der Waals surface area contributed by atoms with Gasteiger partial charge in [0.2, 0.25) is 0 Å². The van der Waals surface area contributed by atoms with E-state index in [1.165, 1.54) is 0 Å². The molecule has 0 N–H and O–H groups in total. The Morgan fingerprint density at radius 3 is 2.52 bits per heavy atom. The quantitative estimate of drug-likeness (QED) is 0.721. The number of aromatic nitrogens is 2. The summed E-state index contributed by atoms with van der Waals surface area (Å²) in [6.07, 6.45) is 5.13.